The summed E-state index contributed by atoms with van der Waals surface area (Å²) in [5.41, 5.74) is 0.274. The van der Waals surface area contributed by atoms with Crippen LogP contribution in [0.15, 0.2) is 27.9 Å². The second-order valence-corrected chi connectivity index (χ2v) is 4.95. The number of methoxy groups -OCH3 is 1. The lowest BCUT2D eigenvalue weighted by Crippen LogP contribution is -2.37. The molecule has 0 aliphatic heterocycles. The van der Waals surface area contributed by atoms with Crippen LogP contribution in [0.5, 0.6) is 5.88 Å². The minimum Gasteiger partial charge on any atom is -0.481 e. The van der Waals surface area contributed by atoms with Crippen LogP contribution in [-0.2, 0) is 13.0 Å². The third kappa shape index (κ3) is 3.33. The lowest BCUT2D eigenvalue weighted by Gasteiger charge is -2.08. The summed E-state index contributed by atoms with van der Waals surface area (Å²) in [6, 6.07) is 3.43. The molecule has 0 saturated carbocycles. The van der Waals surface area contributed by atoms with Gasteiger partial charge in [0, 0.05) is 12.3 Å². The van der Waals surface area contributed by atoms with Crippen LogP contribution in [0.25, 0.3) is 0 Å². The Kier molecular flexibility index (Phi) is 4.80. The molecule has 0 aromatic carbocycles. The van der Waals surface area contributed by atoms with Gasteiger partial charge in [0.25, 0.3) is 5.56 Å². The first kappa shape index (κ1) is 15.3. The van der Waals surface area contributed by atoms with Crippen LogP contribution in [0.4, 0.5) is 0 Å². The number of aromatic amines is 1. The molecule has 0 bridgehead atoms. The van der Waals surface area contributed by atoms with Gasteiger partial charge in [0.15, 0.2) is 0 Å². The molecule has 2 rings (SSSR count). The summed E-state index contributed by atoms with van der Waals surface area (Å²) in [7, 11) is 1.52. The second-order valence-electron chi connectivity index (χ2n) is 4.57. The van der Waals surface area contributed by atoms with Gasteiger partial charge in [0.2, 0.25) is 5.88 Å². The van der Waals surface area contributed by atoms with Crippen molar-refractivity contribution in [2.75, 3.05) is 7.11 Å². The van der Waals surface area contributed by atoms with E-state index < -0.39 is 5.69 Å². The quantitative estimate of drug-likeness (QED) is 0.851. The van der Waals surface area contributed by atoms with Crippen LogP contribution in [0.3, 0.4) is 0 Å². The Hall–Kier alpha value is -2.08. The summed E-state index contributed by atoms with van der Waals surface area (Å²) in [6.07, 6.45) is 2.86. The SMILES string of the molecule is CCCc1c(Cl)[nH]c(=O)n(Cc2ccc(OC)nc2)c1=O. The van der Waals surface area contributed by atoms with E-state index in [4.69, 9.17) is 16.3 Å². The average Bonchev–Trinajstić information content (AvgIpc) is 2.48. The minimum atomic E-state index is -0.527. The maximum absolute atomic E-state index is 12.3. The largest absolute Gasteiger partial charge is 0.481 e. The summed E-state index contributed by atoms with van der Waals surface area (Å²) in [4.78, 5) is 30.8. The van der Waals surface area contributed by atoms with Gasteiger partial charge in [-0.15, -0.1) is 0 Å². The molecule has 0 saturated heterocycles. The number of H-pyrrole nitrogens is 1. The van der Waals surface area contributed by atoms with Gasteiger partial charge in [0.1, 0.15) is 5.15 Å². The van der Waals surface area contributed by atoms with Crippen molar-refractivity contribution in [3.63, 3.8) is 0 Å². The highest BCUT2D eigenvalue weighted by molar-refractivity contribution is 6.30. The van der Waals surface area contributed by atoms with Gasteiger partial charge in [-0.2, -0.15) is 0 Å². The number of hydrogen-bond acceptors (Lipinski definition) is 4. The molecule has 0 aliphatic carbocycles. The third-order valence-electron chi connectivity index (χ3n) is 3.08. The van der Waals surface area contributed by atoms with Crippen molar-refractivity contribution < 1.29 is 4.74 Å². The molecule has 2 aromatic heterocycles. The van der Waals surface area contributed by atoms with Crippen LogP contribution in [-0.4, -0.2) is 21.6 Å². The molecule has 0 radical (unpaired) electrons. The van der Waals surface area contributed by atoms with E-state index in [0.29, 0.717) is 17.9 Å². The zero-order valence-electron chi connectivity index (χ0n) is 11.9. The Balaban J connectivity index is 2.41. The number of nitrogens with one attached hydrogen (secondary N) is 1. The zero-order chi connectivity index (χ0) is 15.4. The zero-order valence-corrected chi connectivity index (χ0v) is 12.6. The molecule has 0 amide bonds. The van der Waals surface area contributed by atoms with Gasteiger partial charge >= 0.3 is 5.69 Å². The van der Waals surface area contributed by atoms with E-state index in [1.54, 1.807) is 18.3 Å². The fourth-order valence-corrected chi connectivity index (χ4v) is 2.26. The first-order valence-electron chi connectivity index (χ1n) is 6.57. The predicted octanol–water partition coefficient (Wildman–Crippen LogP) is 1.59. The summed E-state index contributed by atoms with van der Waals surface area (Å²) >= 11 is 5.93. The fourth-order valence-electron chi connectivity index (χ4n) is 2.00. The molecule has 2 aromatic rings. The van der Waals surface area contributed by atoms with Crippen LogP contribution in [0, 0.1) is 0 Å². The smallest absolute Gasteiger partial charge is 0.329 e. The van der Waals surface area contributed by atoms with E-state index in [9.17, 15) is 9.59 Å². The van der Waals surface area contributed by atoms with Crippen molar-refractivity contribution in [2.24, 2.45) is 0 Å². The number of nitrogens with zero attached hydrogens (tertiary/aromatic N) is 2. The Morgan fingerprint density at radius 2 is 2.14 bits per heavy atom. The molecule has 0 aliphatic rings. The molecule has 6 nitrogen and oxygen atoms in total. The number of aromatic nitrogens is 3. The van der Waals surface area contributed by atoms with E-state index in [2.05, 4.69) is 9.97 Å². The monoisotopic (exact) mass is 309 g/mol. The topological polar surface area (TPSA) is 77.0 Å². The van der Waals surface area contributed by atoms with Crippen molar-refractivity contribution in [3.8, 4) is 5.88 Å². The predicted molar refractivity (Wildman–Crippen MR) is 80.2 cm³/mol. The second kappa shape index (κ2) is 6.58. The highest BCUT2D eigenvalue weighted by Crippen LogP contribution is 2.10. The third-order valence-corrected chi connectivity index (χ3v) is 3.40. The summed E-state index contributed by atoms with van der Waals surface area (Å²) < 4.78 is 6.09. The molecular weight excluding hydrogens is 294 g/mol. The van der Waals surface area contributed by atoms with Crippen molar-refractivity contribution in [1.29, 1.82) is 0 Å². The first-order valence-corrected chi connectivity index (χ1v) is 6.95. The van der Waals surface area contributed by atoms with Gasteiger partial charge in [0.05, 0.1) is 19.2 Å². The van der Waals surface area contributed by atoms with E-state index in [1.165, 1.54) is 7.11 Å². The molecule has 2 heterocycles. The Morgan fingerprint density at radius 1 is 1.38 bits per heavy atom. The fraction of sp³-hybridized carbons (Fsp3) is 0.357. The molecule has 0 spiro atoms. The molecule has 1 N–H and O–H groups in total. The van der Waals surface area contributed by atoms with Crippen molar-refractivity contribution in [1.82, 2.24) is 14.5 Å². The van der Waals surface area contributed by atoms with Gasteiger partial charge in [-0.25, -0.2) is 9.78 Å². The van der Waals surface area contributed by atoms with Gasteiger partial charge in [-0.3, -0.25) is 14.3 Å². The Morgan fingerprint density at radius 3 is 2.71 bits per heavy atom. The van der Waals surface area contributed by atoms with Crippen LogP contribution in [0.1, 0.15) is 24.5 Å². The highest BCUT2D eigenvalue weighted by Gasteiger charge is 2.12. The van der Waals surface area contributed by atoms with Crippen LogP contribution < -0.4 is 16.0 Å². The molecule has 7 heteroatoms. The molecule has 0 atom stereocenters. The first-order chi connectivity index (χ1) is 10.1. The van der Waals surface area contributed by atoms with Crippen molar-refractivity contribution in [2.45, 2.75) is 26.3 Å². The number of ether oxygens (including phenoxy) is 1. The molecule has 112 valence electrons. The average molecular weight is 310 g/mol. The minimum absolute atomic E-state index is 0.121. The van der Waals surface area contributed by atoms with Crippen LogP contribution >= 0.6 is 11.6 Å². The molecule has 0 unspecified atom stereocenters. The normalized spacial score (nSPS) is 10.6. The Bertz CT molecular complexity index is 735. The molecular formula is C14H16ClN3O3. The number of hydrogen-bond donors (Lipinski definition) is 1. The lowest BCUT2D eigenvalue weighted by atomic mass is 10.2. The van der Waals surface area contributed by atoms with E-state index in [0.717, 1.165) is 16.6 Å². The molecule has 21 heavy (non-hydrogen) atoms. The lowest BCUT2D eigenvalue weighted by molar-refractivity contribution is 0.397. The summed E-state index contributed by atoms with van der Waals surface area (Å²) in [6.45, 7) is 2.08. The van der Waals surface area contributed by atoms with E-state index >= 15 is 0 Å². The van der Waals surface area contributed by atoms with Gasteiger partial charge in [-0.05, 0) is 12.0 Å². The highest BCUT2D eigenvalue weighted by atomic mass is 35.5. The Labute approximate surface area is 126 Å². The van der Waals surface area contributed by atoms with E-state index in [1.807, 2.05) is 6.92 Å². The van der Waals surface area contributed by atoms with Crippen LogP contribution in [0.2, 0.25) is 5.15 Å². The summed E-state index contributed by atoms with van der Waals surface area (Å²) in [5, 5.41) is 0.121. The standard InChI is InChI=1S/C14H16ClN3O3/c1-3-4-10-12(15)17-14(20)18(13(10)19)8-9-5-6-11(21-2)16-7-9/h5-7H,3-4,8H2,1-2H3,(H,17,20). The van der Waals surface area contributed by atoms with Gasteiger partial charge < -0.3 is 4.74 Å². The maximum atomic E-state index is 12.3. The van der Waals surface area contributed by atoms with Crippen molar-refractivity contribution in [3.05, 3.63) is 55.4 Å². The molecule has 0 fully saturated rings. The van der Waals surface area contributed by atoms with Crippen molar-refractivity contribution >= 4 is 11.6 Å². The summed E-state index contributed by atoms with van der Waals surface area (Å²) in [5.74, 6) is 0.475. The number of halogens is 1. The van der Waals surface area contributed by atoms with E-state index in [-0.39, 0.29) is 17.3 Å². The maximum Gasteiger partial charge on any atom is 0.329 e. The number of pyridine rings is 1. The number of rotatable bonds is 5. The van der Waals surface area contributed by atoms with Gasteiger partial charge in [-0.1, -0.05) is 31.0 Å².